The van der Waals surface area contributed by atoms with Crippen LogP contribution >= 0.6 is 0 Å². The molecule has 0 saturated heterocycles. The Kier molecular flexibility index (Phi) is 7.58. The van der Waals surface area contributed by atoms with Crippen LogP contribution in [0, 0.1) is 0 Å². The first-order valence-electron chi connectivity index (χ1n) is 3.93. The van der Waals surface area contributed by atoms with Gasteiger partial charge in [0.1, 0.15) is 0 Å². The van der Waals surface area contributed by atoms with E-state index in [4.69, 9.17) is 0 Å². The second-order valence-electron chi connectivity index (χ2n) is 2.27. The molecule has 0 saturated carbocycles. The molecule has 1 aliphatic rings. The average molecular weight is 357 g/mol. The number of rotatable bonds is 0. The van der Waals surface area contributed by atoms with Crippen LogP contribution in [0.25, 0.3) is 0 Å². The van der Waals surface area contributed by atoms with Gasteiger partial charge in [0.25, 0.3) is 0 Å². The average Bonchev–Trinajstić information content (AvgIpc) is 2.05. The minimum absolute atomic E-state index is 0.834. The van der Waals surface area contributed by atoms with Gasteiger partial charge in [0.2, 0.25) is 0 Å². The molecule has 0 spiro atoms. The van der Waals surface area contributed by atoms with Gasteiger partial charge in [0, 0.05) is 0 Å². The van der Waals surface area contributed by atoms with Crippen LogP contribution in [0.1, 0.15) is 12.8 Å². The van der Waals surface area contributed by atoms with Crippen LogP contribution in [-0.4, -0.2) is 37.6 Å². The molecule has 0 N–H and O–H groups in total. The zero-order valence-electron chi connectivity index (χ0n) is 6.81. The summed E-state index contributed by atoms with van der Waals surface area (Å²) >= 11 is 2.79. The summed E-state index contributed by atoms with van der Waals surface area (Å²) in [5, 5.41) is 1.50. The van der Waals surface area contributed by atoms with E-state index in [0.29, 0.717) is 0 Å². The van der Waals surface area contributed by atoms with Crippen molar-refractivity contribution in [3.05, 3.63) is 35.4 Å². The van der Waals surface area contributed by atoms with Crippen molar-refractivity contribution in [2.75, 3.05) is 0 Å². The van der Waals surface area contributed by atoms with E-state index >= 15 is 0 Å². The first kappa shape index (κ1) is 10.9. The Labute approximate surface area is 90.5 Å². The molecule has 0 fully saturated rings. The zero-order valence-corrected chi connectivity index (χ0v) is 11.9. The second-order valence-corrected chi connectivity index (χ2v) is 18.7. The van der Waals surface area contributed by atoms with Gasteiger partial charge in [-0.3, -0.25) is 0 Å². The van der Waals surface area contributed by atoms with Gasteiger partial charge in [0.05, 0.1) is 0 Å². The van der Waals surface area contributed by atoms with Crippen molar-refractivity contribution in [3.8, 4) is 0 Å². The molecule has 0 aromatic carbocycles. The predicted molar refractivity (Wildman–Crippen MR) is 58.7 cm³/mol. The van der Waals surface area contributed by atoms with Crippen LogP contribution in [0.3, 0.4) is 0 Å². The summed E-state index contributed by atoms with van der Waals surface area (Å²) in [6.45, 7) is 0. The minimum atomic E-state index is 0.834. The third kappa shape index (κ3) is 6.31. The van der Waals surface area contributed by atoms with Crippen molar-refractivity contribution < 1.29 is 0 Å². The number of hydrogen-bond acceptors (Lipinski definition) is 0. The molecule has 1 rings (SSSR count). The van der Waals surface area contributed by atoms with E-state index in [0.717, 1.165) is 37.6 Å². The molecule has 66 valence electrons. The Morgan fingerprint density at radius 1 is 1.00 bits per heavy atom. The van der Waals surface area contributed by atoms with Gasteiger partial charge < -0.3 is 0 Å². The van der Waals surface area contributed by atoms with Crippen molar-refractivity contribution >= 4 is 37.6 Å². The molecule has 1 aliphatic heterocycles. The summed E-state index contributed by atoms with van der Waals surface area (Å²) < 4.78 is 0. The van der Waals surface area contributed by atoms with Gasteiger partial charge >= 0.3 is 91.1 Å². The number of allylic oxidation sites excluding steroid dienone is 5. The molecule has 0 aliphatic carbocycles. The molecule has 0 bridgehead atoms. The molecule has 0 radical (unpaired) electrons. The first-order valence-corrected chi connectivity index (χ1v) is 14.8. The predicted octanol–water partition coefficient (Wildman–Crippen LogP) is 1.77. The van der Waals surface area contributed by atoms with E-state index in [1.807, 2.05) is 0 Å². The van der Waals surface area contributed by atoms with E-state index in [-0.39, 0.29) is 0 Å². The molecular formula is C9H12Se3. The Bertz CT molecular complexity index is 162. The topological polar surface area (TPSA) is 0 Å². The van der Waals surface area contributed by atoms with E-state index in [2.05, 4.69) is 35.4 Å². The van der Waals surface area contributed by atoms with Crippen molar-refractivity contribution in [1.82, 2.24) is 0 Å². The summed E-state index contributed by atoms with van der Waals surface area (Å²) in [6, 6.07) is 0. The molecule has 12 heavy (non-hydrogen) atoms. The summed E-state index contributed by atoms with van der Waals surface area (Å²) in [5.74, 6) is 0. The fourth-order valence-electron chi connectivity index (χ4n) is 0.725. The van der Waals surface area contributed by atoms with E-state index in [1.165, 1.54) is 18.2 Å². The molecule has 0 unspecified atom stereocenters. The fraction of sp³-hybridized carbons (Fsp3) is 0.333. The van der Waals surface area contributed by atoms with E-state index in [9.17, 15) is 0 Å². The quantitative estimate of drug-likeness (QED) is 0.580. The zero-order chi connectivity index (χ0) is 8.49. The molecule has 0 atom stereocenters. The molecular weight excluding hydrogens is 345 g/mol. The first-order chi connectivity index (χ1) is 6.00. The van der Waals surface area contributed by atoms with Crippen LogP contribution in [0.4, 0.5) is 0 Å². The number of hydrogen-bond donors (Lipinski definition) is 0. The molecule has 0 aromatic heterocycles. The molecule has 0 aromatic rings. The van der Waals surface area contributed by atoms with E-state index < -0.39 is 0 Å². The summed E-state index contributed by atoms with van der Waals surface area (Å²) in [6.07, 6.45) is 13.6. The van der Waals surface area contributed by atoms with Crippen molar-refractivity contribution in [1.29, 1.82) is 0 Å². The summed E-state index contributed by atoms with van der Waals surface area (Å²) in [4.78, 5) is 2.36. The van der Waals surface area contributed by atoms with Gasteiger partial charge in [-0.05, 0) is 0 Å². The van der Waals surface area contributed by atoms with Crippen LogP contribution in [0.2, 0.25) is 5.32 Å². The maximum absolute atomic E-state index is 2.36. The van der Waals surface area contributed by atoms with Crippen molar-refractivity contribution in [2.24, 2.45) is 0 Å². The van der Waals surface area contributed by atoms with Crippen LogP contribution < -0.4 is 0 Å². The van der Waals surface area contributed by atoms with Crippen LogP contribution in [0.15, 0.2) is 35.4 Å². The summed E-state index contributed by atoms with van der Waals surface area (Å²) in [5.41, 5.74) is 0. The van der Waals surface area contributed by atoms with Crippen LogP contribution in [0.5, 0.6) is 0 Å². The molecule has 0 amide bonds. The van der Waals surface area contributed by atoms with Gasteiger partial charge in [-0.2, -0.15) is 0 Å². The summed E-state index contributed by atoms with van der Waals surface area (Å²) in [7, 11) is 0. The maximum atomic E-state index is 2.36. The van der Waals surface area contributed by atoms with E-state index in [1.54, 1.807) is 0 Å². The van der Waals surface area contributed by atoms with Gasteiger partial charge in [-0.15, -0.1) is 0 Å². The fourth-order valence-corrected chi connectivity index (χ4v) is 15.4. The van der Waals surface area contributed by atoms with Gasteiger partial charge in [-0.1, -0.05) is 0 Å². The third-order valence-electron chi connectivity index (χ3n) is 1.29. The monoisotopic (exact) mass is 360 g/mol. The Balaban J connectivity index is 2.32. The normalized spacial score (nSPS) is 22.7. The Morgan fingerprint density at radius 3 is 2.92 bits per heavy atom. The Hall–Kier alpha value is 0.778. The molecule has 0 nitrogen and oxygen atoms in total. The van der Waals surface area contributed by atoms with Crippen molar-refractivity contribution in [3.63, 3.8) is 0 Å². The third-order valence-corrected chi connectivity index (χ3v) is 18.0. The van der Waals surface area contributed by atoms with Gasteiger partial charge in [-0.25, -0.2) is 0 Å². The van der Waals surface area contributed by atoms with Gasteiger partial charge in [0.15, 0.2) is 0 Å². The molecule has 3 heteroatoms. The van der Waals surface area contributed by atoms with Crippen LogP contribution in [-0.2, 0) is 0 Å². The standard InChI is InChI=1S/C9H12Se3/c1-2-4-6-8-10-12-11-9-7-5-3-1/h1-4,6,8H,5,7,9H2/b3-1?,4-2?,8-6+. The SMILES string of the molecule is C1=C/C=C/[Se][Se][Se]CCCC=C1. The Morgan fingerprint density at radius 2 is 1.92 bits per heavy atom. The second kappa shape index (κ2) is 8.38. The molecule has 1 heterocycles. The van der Waals surface area contributed by atoms with Crippen molar-refractivity contribution in [2.45, 2.75) is 18.2 Å².